The normalized spacial score (nSPS) is 15.5. The van der Waals surface area contributed by atoms with E-state index >= 15 is 0 Å². The predicted molar refractivity (Wildman–Crippen MR) is 186 cm³/mol. The van der Waals surface area contributed by atoms with Gasteiger partial charge in [-0.2, -0.15) is 0 Å². The first kappa shape index (κ1) is 15.6. The van der Waals surface area contributed by atoms with Crippen molar-refractivity contribution in [2.75, 3.05) is 0 Å². The van der Waals surface area contributed by atoms with E-state index < -0.39 is 60.4 Å². The third kappa shape index (κ3) is 3.75. The Balaban J connectivity index is 1.50. The summed E-state index contributed by atoms with van der Waals surface area (Å²) in [6.45, 7) is 0. The molecule has 2 nitrogen and oxygen atoms in total. The average Bonchev–Trinajstić information content (AvgIpc) is 3.21. The lowest BCUT2D eigenvalue weighted by Crippen LogP contribution is -1.93. The fourth-order valence-corrected chi connectivity index (χ4v) is 6.09. The third-order valence-electron chi connectivity index (χ3n) is 7.98. The molecule has 0 bridgehead atoms. The molecule has 0 aliphatic heterocycles. The Morgan fingerprint density at radius 3 is 1.70 bits per heavy atom. The molecule has 0 saturated heterocycles. The summed E-state index contributed by atoms with van der Waals surface area (Å²) in [5.41, 5.74) is 1.59. The van der Waals surface area contributed by atoms with E-state index in [0.29, 0.717) is 16.3 Å². The lowest BCUT2D eigenvalue weighted by atomic mass is 9.84. The number of benzene rings is 7. The van der Waals surface area contributed by atoms with Crippen LogP contribution in [0.15, 0.2) is 158 Å². The van der Waals surface area contributed by atoms with Crippen molar-refractivity contribution in [1.29, 1.82) is 0 Å². The number of hydrogen-bond acceptors (Lipinski definition) is 2. The molecule has 204 valence electrons. The second-order valence-corrected chi connectivity index (χ2v) is 10.4. The first-order valence-electron chi connectivity index (χ1n) is 20.0. The van der Waals surface area contributed by atoms with Crippen LogP contribution in [0.25, 0.3) is 87.6 Å². The zero-order chi connectivity index (χ0) is 39.5. The number of rotatable bonds is 3. The molecule has 0 aliphatic rings. The van der Waals surface area contributed by atoms with Gasteiger partial charge in [0.25, 0.3) is 0 Å². The summed E-state index contributed by atoms with van der Waals surface area (Å²) in [5, 5.41) is 2.40. The van der Waals surface area contributed by atoms with E-state index in [1.54, 1.807) is 0 Å². The van der Waals surface area contributed by atoms with Gasteiger partial charge in [0.05, 0.1) is 33.2 Å². The standard InChI is InChI=1S/C42H26N2/c1-2-11-27(12-3-1)39-33-16-6-8-18-35(33)40(36-19-9-7-17-34(36)39)37-24-23-32(30-14-4-5-15-31(30)37)38-25-22-29-21-20-28-13-10-26-43-41(28)42(29)44-38/h1-26H/i4D,5D,10D,13D,14D,15D,20D,21D,22D,23D,24D,25D. The summed E-state index contributed by atoms with van der Waals surface area (Å²) < 4.78 is 108. The molecule has 7 aromatic carbocycles. The van der Waals surface area contributed by atoms with Crippen molar-refractivity contribution in [1.82, 2.24) is 9.97 Å². The Labute approximate surface area is 271 Å². The van der Waals surface area contributed by atoms with Gasteiger partial charge in [-0.1, -0.05) is 139 Å². The van der Waals surface area contributed by atoms with Gasteiger partial charge in [-0.25, -0.2) is 4.98 Å². The zero-order valence-electron chi connectivity index (χ0n) is 35.0. The van der Waals surface area contributed by atoms with Crippen LogP contribution in [0.2, 0.25) is 0 Å². The topological polar surface area (TPSA) is 25.8 Å². The smallest absolute Gasteiger partial charge is 0.0972 e. The Hall–Kier alpha value is -5.86. The van der Waals surface area contributed by atoms with Crippen LogP contribution in [0.3, 0.4) is 0 Å². The Morgan fingerprint density at radius 2 is 1.00 bits per heavy atom. The summed E-state index contributed by atoms with van der Waals surface area (Å²) >= 11 is 0. The molecule has 0 fully saturated rings. The average molecular weight is 571 g/mol. The first-order chi connectivity index (χ1) is 26.8. The number of fused-ring (bicyclic) bond motifs is 6. The van der Waals surface area contributed by atoms with Crippen molar-refractivity contribution in [3.63, 3.8) is 0 Å². The molecule has 2 aromatic heterocycles. The van der Waals surface area contributed by atoms with E-state index in [1.807, 2.05) is 78.9 Å². The van der Waals surface area contributed by atoms with Gasteiger partial charge in [-0.3, -0.25) is 4.98 Å². The molecular formula is C42H26N2. The Morgan fingerprint density at radius 1 is 0.432 bits per heavy atom. The van der Waals surface area contributed by atoms with Crippen LogP contribution in [-0.2, 0) is 0 Å². The molecule has 2 heteroatoms. The highest BCUT2D eigenvalue weighted by Gasteiger charge is 2.19. The molecule has 0 aliphatic carbocycles. The molecule has 0 N–H and O–H groups in total. The SMILES string of the molecule is [2H]c1cnc2c(c1[2H])c([2H])c([2H])c1c([2H])c([2H])c(-c3c([2H])c([2H])c(-c4c5ccccc5c(-c5ccccc5)c5ccccc45)c4c([2H])c([2H])c([2H])c([2H])c34)nc12. The second kappa shape index (κ2) is 9.86. The Bertz CT molecular complexity index is 3170. The van der Waals surface area contributed by atoms with Gasteiger partial charge in [-0.05, 0) is 66.7 Å². The molecular weight excluding hydrogens is 532 g/mol. The highest BCUT2D eigenvalue weighted by atomic mass is 14.8. The van der Waals surface area contributed by atoms with E-state index in [0.717, 1.165) is 28.1 Å². The van der Waals surface area contributed by atoms with Crippen molar-refractivity contribution < 1.29 is 16.4 Å². The molecule has 2 heterocycles. The third-order valence-corrected chi connectivity index (χ3v) is 7.98. The fraction of sp³-hybridized carbons (Fsp3) is 0. The van der Waals surface area contributed by atoms with Gasteiger partial charge >= 0.3 is 0 Å². The number of pyridine rings is 2. The van der Waals surface area contributed by atoms with E-state index in [9.17, 15) is 5.48 Å². The summed E-state index contributed by atoms with van der Waals surface area (Å²) in [5.74, 6) is 0. The van der Waals surface area contributed by atoms with Crippen LogP contribution in [0.5, 0.6) is 0 Å². The first-order valence-corrected chi connectivity index (χ1v) is 14.0. The predicted octanol–water partition coefficient (Wildman–Crippen LogP) is 11.2. The highest BCUT2D eigenvalue weighted by molar-refractivity contribution is 6.24. The molecule has 0 saturated carbocycles. The summed E-state index contributed by atoms with van der Waals surface area (Å²) in [4.78, 5) is 8.91. The fourth-order valence-electron chi connectivity index (χ4n) is 6.09. The van der Waals surface area contributed by atoms with Gasteiger partial charge in [0.1, 0.15) is 0 Å². The molecule has 9 aromatic rings. The maximum Gasteiger partial charge on any atom is 0.0972 e. The van der Waals surface area contributed by atoms with Crippen LogP contribution < -0.4 is 0 Å². The summed E-state index contributed by atoms with van der Waals surface area (Å²) in [6.07, 6.45) is 1.09. The van der Waals surface area contributed by atoms with E-state index in [1.165, 1.54) is 0 Å². The number of aromatic nitrogens is 2. The molecule has 0 atom stereocenters. The van der Waals surface area contributed by atoms with Crippen molar-refractivity contribution in [2.24, 2.45) is 0 Å². The van der Waals surface area contributed by atoms with Crippen LogP contribution in [0, 0.1) is 0 Å². The van der Waals surface area contributed by atoms with E-state index in [-0.39, 0.29) is 61.5 Å². The second-order valence-electron chi connectivity index (χ2n) is 10.4. The maximum atomic E-state index is 9.71. The van der Waals surface area contributed by atoms with Crippen molar-refractivity contribution >= 4 is 54.1 Å². The summed E-state index contributed by atoms with van der Waals surface area (Å²) in [6, 6.07) is 19.2. The minimum absolute atomic E-state index is 0.0689. The van der Waals surface area contributed by atoms with Gasteiger partial charge in [0.15, 0.2) is 0 Å². The molecule has 44 heavy (non-hydrogen) atoms. The minimum atomic E-state index is -0.611. The van der Waals surface area contributed by atoms with Crippen LogP contribution in [0.4, 0.5) is 0 Å². The molecule has 0 unspecified atom stereocenters. The van der Waals surface area contributed by atoms with Gasteiger partial charge in [0.2, 0.25) is 0 Å². The van der Waals surface area contributed by atoms with Crippen LogP contribution in [-0.4, -0.2) is 9.97 Å². The monoisotopic (exact) mass is 570 g/mol. The minimum Gasteiger partial charge on any atom is -0.254 e. The molecule has 0 radical (unpaired) electrons. The quantitative estimate of drug-likeness (QED) is 0.156. The number of nitrogens with zero attached hydrogens (tertiary/aromatic N) is 2. The lowest BCUT2D eigenvalue weighted by Gasteiger charge is -2.19. The van der Waals surface area contributed by atoms with Gasteiger partial charge in [-0.15, -0.1) is 0 Å². The summed E-state index contributed by atoms with van der Waals surface area (Å²) in [7, 11) is 0. The van der Waals surface area contributed by atoms with Crippen molar-refractivity contribution in [2.45, 2.75) is 0 Å². The lowest BCUT2D eigenvalue weighted by molar-refractivity contribution is 1.37. The molecule has 0 spiro atoms. The molecule has 0 amide bonds. The van der Waals surface area contributed by atoms with Gasteiger partial charge < -0.3 is 0 Å². The number of hydrogen-bond donors (Lipinski definition) is 0. The molecule has 9 rings (SSSR count). The van der Waals surface area contributed by atoms with Crippen LogP contribution in [0.1, 0.15) is 16.4 Å². The largest absolute Gasteiger partial charge is 0.254 e. The van der Waals surface area contributed by atoms with Crippen LogP contribution >= 0.6 is 0 Å². The highest BCUT2D eigenvalue weighted by Crippen LogP contribution is 2.46. The van der Waals surface area contributed by atoms with E-state index in [2.05, 4.69) is 9.97 Å². The van der Waals surface area contributed by atoms with Crippen molar-refractivity contribution in [3.05, 3.63) is 158 Å². The van der Waals surface area contributed by atoms with E-state index in [4.69, 9.17) is 11.0 Å². The Kier molecular flexibility index (Phi) is 3.49. The maximum absolute atomic E-state index is 9.71. The zero-order valence-corrected chi connectivity index (χ0v) is 23.0. The van der Waals surface area contributed by atoms with Crippen molar-refractivity contribution in [3.8, 4) is 33.5 Å². The van der Waals surface area contributed by atoms with Gasteiger partial charge in [0, 0.05) is 22.5 Å².